The number of phenols is 1. The number of amides is 1. The Labute approximate surface area is 141 Å². The summed E-state index contributed by atoms with van der Waals surface area (Å²) in [5.74, 6) is 0.450. The third-order valence-corrected chi connectivity index (χ3v) is 4.51. The summed E-state index contributed by atoms with van der Waals surface area (Å²) >= 11 is 0. The highest BCUT2D eigenvalue weighted by molar-refractivity contribution is 7.85. The Bertz CT molecular complexity index is 638. The van der Waals surface area contributed by atoms with Gasteiger partial charge in [0.05, 0.1) is 18.8 Å². The number of carbonyl (C=O) groups is 1. The van der Waals surface area contributed by atoms with E-state index in [9.17, 15) is 18.3 Å². The lowest BCUT2D eigenvalue weighted by molar-refractivity contribution is -0.133. The van der Waals surface area contributed by atoms with Crippen molar-refractivity contribution < 1.29 is 27.6 Å². The number of ether oxygens (including phenoxy) is 1. The summed E-state index contributed by atoms with van der Waals surface area (Å²) in [6, 6.07) is 6.30. The molecule has 1 aliphatic rings. The molecular formula is C15H22N2O6S. The van der Waals surface area contributed by atoms with Gasteiger partial charge in [0.15, 0.2) is 0 Å². The van der Waals surface area contributed by atoms with Crippen LogP contribution in [0.4, 0.5) is 0 Å². The van der Waals surface area contributed by atoms with Gasteiger partial charge in [-0.2, -0.15) is 8.42 Å². The molecule has 1 aromatic rings. The zero-order valence-electron chi connectivity index (χ0n) is 13.3. The van der Waals surface area contributed by atoms with Gasteiger partial charge in [-0.3, -0.25) is 14.2 Å². The summed E-state index contributed by atoms with van der Waals surface area (Å²) in [5.41, 5.74) is 0. The van der Waals surface area contributed by atoms with Crippen molar-refractivity contribution in [3.8, 4) is 11.5 Å². The molecule has 1 aromatic carbocycles. The Morgan fingerprint density at radius 1 is 1.12 bits per heavy atom. The first kappa shape index (κ1) is 18.5. The van der Waals surface area contributed by atoms with E-state index in [1.807, 2.05) is 4.90 Å². The number of hydrogen-bond acceptors (Lipinski definition) is 6. The Morgan fingerprint density at radius 3 is 2.33 bits per heavy atom. The molecule has 0 atom stereocenters. The van der Waals surface area contributed by atoms with E-state index in [0.717, 1.165) is 0 Å². The highest BCUT2D eigenvalue weighted by Gasteiger charge is 2.21. The Morgan fingerprint density at radius 2 is 1.75 bits per heavy atom. The number of nitrogens with zero attached hydrogens (tertiary/aromatic N) is 2. The zero-order valence-corrected chi connectivity index (χ0v) is 14.1. The summed E-state index contributed by atoms with van der Waals surface area (Å²) in [4.78, 5) is 15.8. The van der Waals surface area contributed by atoms with Gasteiger partial charge in [0.1, 0.15) is 11.5 Å². The Balaban J connectivity index is 1.66. The van der Waals surface area contributed by atoms with Gasteiger partial charge >= 0.3 is 0 Å². The molecule has 0 radical (unpaired) electrons. The largest absolute Gasteiger partial charge is 0.508 e. The second-order valence-corrected chi connectivity index (χ2v) is 7.17. The normalized spacial score (nSPS) is 16.1. The summed E-state index contributed by atoms with van der Waals surface area (Å²) in [6.45, 7) is 2.75. The quantitative estimate of drug-likeness (QED) is 0.670. The van der Waals surface area contributed by atoms with Crippen LogP contribution in [-0.4, -0.2) is 78.9 Å². The molecule has 134 valence electrons. The molecule has 24 heavy (non-hydrogen) atoms. The van der Waals surface area contributed by atoms with E-state index in [4.69, 9.17) is 9.29 Å². The van der Waals surface area contributed by atoms with Crippen LogP contribution >= 0.6 is 0 Å². The van der Waals surface area contributed by atoms with Crippen molar-refractivity contribution in [3.05, 3.63) is 24.3 Å². The smallest absolute Gasteiger partial charge is 0.266 e. The van der Waals surface area contributed by atoms with Crippen LogP contribution in [0.3, 0.4) is 0 Å². The van der Waals surface area contributed by atoms with Crippen LogP contribution in [0.1, 0.15) is 6.42 Å². The topological polar surface area (TPSA) is 107 Å². The van der Waals surface area contributed by atoms with E-state index >= 15 is 0 Å². The Hall–Kier alpha value is -1.84. The average molecular weight is 358 g/mol. The van der Waals surface area contributed by atoms with Crippen LogP contribution in [-0.2, 0) is 14.9 Å². The maximum absolute atomic E-state index is 12.1. The first-order valence-electron chi connectivity index (χ1n) is 7.70. The summed E-state index contributed by atoms with van der Waals surface area (Å²) in [7, 11) is -3.95. The molecule has 1 heterocycles. The van der Waals surface area contributed by atoms with E-state index in [2.05, 4.69) is 0 Å². The fourth-order valence-electron chi connectivity index (χ4n) is 2.42. The molecule has 0 unspecified atom stereocenters. The minimum Gasteiger partial charge on any atom is -0.508 e. The minimum atomic E-state index is -3.95. The van der Waals surface area contributed by atoms with E-state index in [0.29, 0.717) is 31.9 Å². The highest BCUT2D eigenvalue weighted by Crippen LogP contribution is 2.16. The fraction of sp³-hybridized carbons (Fsp3) is 0.533. The lowest BCUT2D eigenvalue weighted by Gasteiger charge is -2.34. The molecule has 1 aliphatic heterocycles. The first-order valence-corrected chi connectivity index (χ1v) is 9.31. The minimum absolute atomic E-state index is 0.0109. The van der Waals surface area contributed by atoms with Crippen molar-refractivity contribution in [1.82, 2.24) is 9.80 Å². The zero-order chi connectivity index (χ0) is 17.6. The maximum Gasteiger partial charge on any atom is 0.266 e. The summed E-state index contributed by atoms with van der Waals surface area (Å²) < 4.78 is 35.7. The third-order valence-electron chi connectivity index (χ3n) is 3.81. The van der Waals surface area contributed by atoms with Crippen molar-refractivity contribution in [2.24, 2.45) is 0 Å². The van der Waals surface area contributed by atoms with E-state index in [1.165, 1.54) is 12.1 Å². The predicted molar refractivity (Wildman–Crippen MR) is 87.7 cm³/mol. The molecule has 1 amide bonds. The summed E-state index contributed by atoms with van der Waals surface area (Å²) in [5, 5.41) is 9.18. The number of hydrogen-bond donors (Lipinski definition) is 2. The van der Waals surface area contributed by atoms with E-state index in [-0.39, 0.29) is 37.0 Å². The monoisotopic (exact) mass is 358 g/mol. The van der Waals surface area contributed by atoms with Crippen LogP contribution in [0.15, 0.2) is 24.3 Å². The lowest BCUT2D eigenvalue weighted by Crippen LogP contribution is -2.49. The number of aromatic hydroxyl groups is 1. The van der Waals surface area contributed by atoms with Crippen LogP contribution in [0.5, 0.6) is 11.5 Å². The van der Waals surface area contributed by atoms with Crippen molar-refractivity contribution in [2.75, 3.05) is 45.1 Å². The molecule has 2 rings (SSSR count). The average Bonchev–Trinajstić information content (AvgIpc) is 2.54. The standard InChI is InChI=1S/C15H22N2O6S/c18-13-1-3-14(4-2-13)23-11-5-15(19)17-8-6-16(7-9-17)10-12-24(20,21)22/h1-4,18H,5-12H2,(H,20,21,22). The van der Waals surface area contributed by atoms with Gasteiger partial charge in [-0.25, -0.2) is 0 Å². The van der Waals surface area contributed by atoms with Crippen LogP contribution in [0.25, 0.3) is 0 Å². The van der Waals surface area contributed by atoms with Crippen molar-refractivity contribution >= 4 is 16.0 Å². The molecule has 8 nitrogen and oxygen atoms in total. The van der Waals surface area contributed by atoms with Crippen LogP contribution in [0.2, 0.25) is 0 Å². The molecule has 2 N–H and O–H groups in total. The number of carbonyl (C=O) groups excluding carboxylic acids is 1. The number of benzene rings is 1. The van der Waals surface area contributed by atoms with Gasteiger partial charge in [-0.1, -0.05) is 0 Å². The predicted octanol–water partition coefficient (Wildman–Crippen LogP) is 0.193. The Kier molecular flexibility index (Phi) is 6.41. The number of phenolic OH excluding ortho intramolecular Hbond substituents is 1. The van der Waals surface area contributed by atoms with Gasteiger partial charge in [-0.15, -0.1) is 0 Å². The highest BCUT2D eigenvalue weighted by atomic mass is 32.2. The van der Waals surface area contributed by atoms with E-state index < -0.39 is 10.1 Å². The fourth-order valence-corrected chi connectivity index (χ4v) is 2.91. The SMILES string of the molecule is O=C(CCOc1ccc(O)cc1)N1CCN(CCS(=O)(=O)O)CC1. The van der Waals surface area contributed by atoms with Gasteiger partial charge in [0.2, 0.25) is 5.91 Å². The number of piperazine rings is 1. The van der Waals surface area contributed by atoms with Gasteiger partial charge in [0, 0.05) is 32.7 Å². The van der Waals surface area contributed by atoms with Crippen molar-refractivity contribution in [1.29, 1.82) is 0 Å². The molecule has 0 spiro atoms. The maximum atomic E-state index is 12.1. The van der Waals surface area contributed by atoms with E-state index in [1.54, 1.807) is 17.0 Å². The molecule has 0 aliphatic carbocycles. The molecule has 0 bridgehead atoms. The molecule has 0 saturated carbocycles. The first-order chi connectivity index (χ1) is 11.3. The lowest BCUT2D eigenvalue weighted by atomic mass is 10.3. The second kappa shape index (κ2) is 8.32. The molecule has 9 heteroatoms. The summed E-state index contributed by atoms with van der Waals surface area (Å²) in [6.07, 6.45) is 0.256. The van der Waals surface area contributed by atoms with Gasteiger partial charge < -0.3 is 14.7 Å². The molecule has 1 fully saturated rings. The van der Waals surface area contributed by atoms with Gasteiger partial charge in [0.25, 0.3) is 10.1 Å². The third kappa shape index (κ3) is 6.34. The van der Waals surface area contributed by atoms with Crippen molar-refractivity contribution in [2.45, 2.75) is 6.42 Å². The van der Waals surface area contributed by atoms with Gasteiger partial charge in [-0.05, 0) is 24.3 Å². The molecular weight excluding hydrogens is 336 g/mol. The number of rotatable bonds is 7. The molecule has 0 aromatic heterocycles. The second-order valence-electron chi connectivity index (χ2n) is 5.60. The molecule has 1 saturated heterocycles. The van der Waals surface area contributed by atoms with Crippen LogP contribution < -0.4 is 4.74 Å². The van der Waals surface area contributed by atoms with Crippen molar-refractivity contribution in [3.63, 3.8) is 0 Å². The van der Waals surface area contributed by atoms with Crippen LogP contribution in [0, 0.1) is 0 Å².